The van der Waals surface area contributed by atoms with Crippen LogP contribution in [0.2, 0.25) is 0 Å². The maximum Gasteiger partial charge on any atom is 0.417 e. The fraction of sp³-hybridized carbons (Fsp3) is 0.296. The van der Waals surface area contributed by atoms with Gasteiger partial charge in [0.1, 0.15) is 11.6 Å². The molecule has 2 aromatic heterocycles. The van der Waals surface area contributed by atoms with E-state index >= 15 is 0 Å². The summed E-state index contributed by atoms with van der Waals surface area (Å²) in [5.74, 6) is -0.340. The van der Waals surface area contributed by atoms with E-state index < -0.39 is 35.9 Å². The Hall–Kier alpha value is -3.39. The number of benzene rings is 2. The molecule has 184 valence electrons. The van der Waals surface area contributed by atoms with Gasteiger partial charge in [0.05, 0.1) is 24.5 Å². The van der Waals surface area contributed by atoms with Gasteiger partial charge in [-0.3, -0.25) is 4.98 Å². The summed E-state index contributed by atoms with van der Waals surface area (Å²) in [6.07, 6.45) is -4.77. The summed E-state index contributed by atoms with van der Waals surface area (Å²) in [5, 5.41) is 11.7. The lowest BCUT2D eigenvalue weighted by atomic mass is 9.73. The van der Waals surface area contributed by atoms with E-state index in [0.29, 0.717) is 16.6 Å². The van der Waals surface area contributed by atoms with Crippen LogP contribution in [0, 0.1) is 5.82 Å². The van der Waals surface area contributed by atoms with Crippen LogP contribution in [0.25, 0.3) is 22.2 Å². The third-order valence-electron chi connectivity index (χ3n) is 6.27. The second kappa shape index (κ2) is 9.00. The van der Waals surface area contributed by atoms with E-state index in [0.717, 1.165) is 11.6 Å². The van der Waals surface area contributed by atoms with E-state index in [9.17, 15) is 22.7 Å². The van der Waals surface area contributed by atoms with Gasteiger partial charge in [-0.2, -0.15) is 13.2 Å². The number of ether oxygens (including phenoxy) is 1. The highest BCUT2D eigenvalue weighted by Crippen LogP contribution is 2.45. The molecule has 0 amide bonds. The zero-order chi connectivity index (χ0) is 25.4. The minimum Gasteiger partial charge on any atom is -0.496 e. The van der Waals surface area contributed by atoms with Crippen molar-refractivity contribution in [3.63, 3.8) is 0 Å². The highest BCUT2D eigenvalue weighted by molar-refractivity contribution is 5.83. The molecule has 0 aliphatic heterocycles. The molecule has 2 aromatic carbocycles. The lowest BCUT2D eigenvalue weighted by Crippen LogP contribution is -2.51. The summed E-state index contributed by atoms with van der Waals surface area (Å²) in [4.78, 5) is 7.35. The normalized spacial score (nSPS) is 14.2. The molecule has 0 bridgehead atoms. The Morgan fingerprint density at radius 1 is 1.00 bits per heavy atom. The molecule has 1 atom stereocenters. The first-order valence-electron chi connectivity index (χ1n) is 11.1. The number of hydrogen-bond donors (Lipinski definition) is 2. The molecule has 0 saturated carbocycles. The molecule has 0 radical (unpaired) electrons. The van der Waals surface area contributed by atoms with Gasteiger partial charge in [-0.15, -0.1) is 0 Å². The Bertz CT molecular complexity index is 1330. The monoisotopic (exact) mass is 486 g/mol. The predicted molar refractivity (Wildman–Crippen MR) is 127 cm³/mol. The van der Waals surface area contributed by atoms with Crippen LogP contribution in [0.4, 0.5) is 17.6 Å². The number of alkyl halides is 3. The van der Waals surface area contributed by atoms with Crippen molar-refractivity contribution in [3.05, 3.63) is 83.9 Å². The highest BCUT2D eigenvalue weighted by atomic mass is 19.4. The summed E-state index contributed by atoms with van der Waals surface area (Å²) in [7, 11) is 1.37. The quantitative estimate of drug-likeness (QED) is 0.290. The predicted octanol–water partition coefficient (Wildman–Crippen LogP) is 6.58. The van der Waals surface area contributed by atoms with Crippen molar-refractivity contribution in [1.82, 2.24) is 9.97 Å². The molecule has 2 heterocycles. The molecule has 0 spiro atoms. The number of rotatable bonds is 7. The number of fused-ring (bicyclic) bond motifs is 1. The van der Waals surface area contributed by atoms with Crippen molar-refractivity contribution in [2.75, 3.05) is 7.11 Å². The second-order valence-electron chi connectivity index (χ2n) is 9.43. The van der Waals surface area contributed by atoms with Gasteiger partial charge >= 0.3 is 6.18 Å². The van der Waals surface area contributed by atoms with Crippen LogP contribution in [0.15, 0.2) is 66.9 Å². The van der Waals surface area contributed by atoms with Crippen molar-refractivity contribution in [2.24, 2.45) is 0 Å². The van der Waals surface area contributed by atoms with E-state index in [2.05, 4.69) is 9.97 Å². The van der Waals surface area contributed by atoms with Gasteiger partial charge < -0.3 is 14.8 Å². The van der Waals surface area contributed by atoms with E-state index in [1.54, 1.807) is 18.3 Å². The van der Waals surface area contributed by atoms with Crippen LogP contribution >= 0.6 is 0 Å². The highest BCUT2D eigenvalue weighted by Gasteiger charge is 2.56. The Labute approximate surface area is 200 Å². The maximum absolute atomic E-state index is 14.3. The molecule has 35 heavy (non-hydrogen) atoms. The number of halogens is 4. The van der Waals surface area contributed by atoms with Gasteiger partial charge in [0.2, 0.25) is 0 Å². The summed E-state index contributed by atoms with van der Waals surface area (Å²) in [6.45, 7) is 3.06. The van der Waals surface area contributed by atoms with Gasteiger partial charge in [0, 0.05) is 28.6 Å². The summed E-state index contributed by atoms with van der Waals surface area (Å²) < 4.78 is 62.0. The molecule has 4 nitrogen and oxygen atoms in total. The van der Waals surface area contributed by atoms with Crippen LogP contribution in [-0.4, -0.2) is 34.0 Å². The van der Waals surface area contributed by atoms with Crippen molar-refractivity contribution >= 4 is 10.9 Å². The van der Waals surface area contributed by atoms with Crippen LogP contribution in [0.1, 0.15) is 31.5 Å². The van der Waals surface area contributed by atoms with Gasteiger partial charge in [0.15, 0.2) is 5.60 Å². The van der Waals surface area contributed by atoms with E-state index in [1.165, 1.54) is 33.1 Å². The zero-order valence-electron chi connectivity index (χ0n) is 19.6. The summed E-state index contributed by atoms with van der Waals surface area (Å²) in [6, 6.07) is 16.5. The smallest absolute Gasteiger partial charge is 0.417 e. The number of pyridine rings is 1. The van der Waals surface area contributed by atoms with Crippen LogP contribution < -0.4 is 4.74 Å². The number of H-pyrrole nitrogens is 1. The minimum absolute atomic E-state index is 0.217. The van der Waals surface area contributed by atoms with Crippen molar-refractivity contribution in [2.45, 2.75) is 43.9 Å². The van der Waals surface area contributed by atoms with E-state index in [-0.39, 0.29) is 17.0 Å². The Balaban J connectivity index is 1.68. The molecule has 0 aliphatic carbocycles. The van der Waals surface area contributed by atoms with Crippen LogP contribution in [0.3, 0.4) is 0 Å². The average Bonchev–Trinajstić information content (AvgIpc) is 3.19. The third-order valence-corrected chi connectivity index (χ3v) is 6.27. The SMILES string of the molecule is COc1ccc(F)cc1C(C)(C)CC(O)(Cc1cc2cc(-c3ccccc3)ncc2[nH]1)C(F)(F)F. The molecule has 4 aromatic rings. The first-order chi connectivity index (χ1) is 16.4. The largest absolute Gasteiger partial charge is 0.496 e. The van der Waals surface area contributed by atoms with Crippen molar-refractivity contribution in [1.29, 1.82) is 0 Å². The fourth-order valence-electron chi connectivity index (χ4n) is 4.57. The summed E-state index contributed by atoms with van der Waals surface area (Å²) in [5.41, 5.74) is -1.74. The maximum atomic E-state index is 14.3. The van der Waals surface area contributed by atoms with Crippen molar-refractivity contribution in [3.8, 4) is 17.0 Å². The Kier molecular flexibility index (Phi) is 6.36. The number of aromatic nitrogens is 2. The number of hydrogen-bond acceptors (Lipinski definition) is 3. The molecule has 2 N–H and O–H groups in total. The molecule has 0 aliphatic rings. The van der Waals surface area contributed by atoms with Gasteiger partial charge in [-0.05, 0) is 42.2 Å². The molecule has 0 saturated heterocycles. The number of aliphatic hydroxyl groups is 1. The molecule has 8 heteroatoms. The third kappa shape index (κ3) is 5.03. The molecular formula is C27H26F4N2O2. The zero-order valence-corrected chi connectivity index (χ0v) is 19.6. The van der Waals surface area contributed by atoms with Gasteiger partial charge in [0.25, 0.3) is 0 Å². The van der Waals surface area contributed by atoms with Crippen LogP contribution in [0.5, 0.6) is 5.75 Å². The lowest BCUT2D eigenvalue weighted by Gasteiger charge is -2.38. The number of methoxy groups -OCH3 is 1. The lowest BCUT2D eigenvalue weighted by molar-refractivity contribution is -0.266. The number of nitrogens with zero attached hydrogens (tertiary/aromatic N) is 1. The second-order valence-corrected chi connectivity index (χ2v) is 9.43. The standard InChI is InChI=1S/C27H26F4N2O2/c1-25(2,21-13-19(28)9-10-24(21)35-3)16-26(34,27(29,30)31)14-20-11-18-12-22(32-15-23(18)33-20)17-7-5-4-6-8-17/h4-13,15,33-34H,14,16H2,1-3H3. The number of aromatic amines is 1. The van der Waals surface area contributed by atoms with Gasteiger partial charge in [-0.25, -0.2) is 4.39 Å². The summed E-state index contributed by atoms with van der Waals surface area (Å²) >= 11 is 0. The molecule has 0 fully saturated rings. The van der Waals surface area contributed by atoms with Crippen LogP contribution in [-0.2, 0) is 11.8 Å². The topological polar surface area (TPSA) is 58.1 Å². The molecular weight excluding hydrogens is 460 g/mol. The fourth-order valence-corrected chi connectivity index (χ4v) is 4.57. The van der Waals surface area contributed by atoms with E-state index in [1.807, 2.05) is 30.3 Å². The molecule has 4 rings (SSSR count). The average molecular weight is 487 g/mol. The Morgan fingerprint density at radius 3 is 2.37 bits per heavy atom. The van der Waals surface area contributed by atoms with E-state index in [4.69, 9.17) is 4.74 Å². The molecule has 1 unspecified atom stereocenters. The van der Waals surface area contributed by atoms with Gasteiger partial charge in [-0.1, -0.05) is 44.2 Å². The number of nitrogens with one attached hydrogen (secondary N) is 1. The first-order valence-corrected chi connectivity index (χ1v) is 11.1. The minimum atomic E-state index is -4.93. The van der Waals surface area contributed by atoms with Crippen molar-refractivity contribution < 1.29 is 27.4 Å². The Morgan fingerprint density at radius 2 is 1.71 bits per heavy atom. The first kappa shape index (κ1) is 24.7.